The van der Waals surface area contributed by atoms with Crippen molar-refractivity contribution >= 4 is 23.0 Å². The zero-order chi connectivity index (χ0) is 11.0. The molecule has 0 N–H and O–H groups in total. The summed E-state index contributed by atoms with van der Waals surface area (Å²) in [5.74, 6) is 0. The SMILES string of the molecule is CCCC(C)(C)OCCCN(C)OI. The number of ether oxygens (including phenoxy) is 1. The summed E-state index contributed by atoms with van der Waals surface area (Å²) < 4.78 is 10.8. The fourth-order valence-electron chi connectivity index (χ4n) is 1.34. The van der Waals surface area contributed by atoms with Crippen LogP contribution in [0.3, 0.4) is 0 Å². The molecule has 14 heavy (non-hydrogen) atoms. The minimum atomic E-state index is 0.0263. The molecular weight excluding hydrogens is 293 g/mol. The van der Waals surface area contributed by atoms with Crippen molar-refractivity contribution in [3.63, 3.8) is 0 Å². The Balaban J connectivity index is 3.43. The number of halogens is 1. The third kappa shape index (κ3) is 7.96. The predicted molar refractivity (Wildman–Crippen MR) is 67.3 cm³/mol. The van der Waals surface area contributed by atoms with E-state index in [9.17, 15) is 0 Å². The van der Waals surface area contributed by atoms with Crippen LogP contribution in [0.4, 0.5) is 0 Å². The molecule has 4 heteroatoms. The van der Waals surface area contributed by atoms with Crippen LogP contribution < -0.4 is 0 Å². The molecular formula is C10H22INO2. The summed E-state index contributed by atoms with van der Waals surface area (Å²) in [7, 11) is 1.92. The van der Waals surface area contributed by atoms with Gasteiger partial charge in [-0.05, 0) is 26.7 Å². The summed E-state index contributed by atoms with van der Waals surface area (Å²) in [4.78, 5) is 0. The van der Waals surface area contributed by atoms with Gasteiger partial charge in [0, 0.05) is 20.2 Å². The fourth-order valence-corrected chi connectivity index (χ4v) is 1.54. The van der Waals surface area contributed by atoms with E-state index >= 15 is 0 Å². The second kappa shape index (κ2) is 7.84. The molecule has 0 heterocycles. The second-order valence-electron chi connectivity index (χ2n) is 4.13. The van der Waals surface area contributed by atoms with Gasteiger partial charge in [0.2, 0.25) is 0 Å². The minimum absolute atomic E-state index is 0.0263. The highest BCUT2D eigenvalue weighted by Crippen LogP contribution is 2.16. The maximum Gasteiger partial charge on any atom is 0.137 e. The maximum absolute atomic E-state index is 5.78. The Bertz CT molecular complexity index is 142. The lowest BCUT2D eigenvalue weighted by Gasteiger charge is -2.25. The Morgan fingerprint density at radius 3 is 2.50 bits per heavy atom. The number of hydrogen-bond donors (Lipinski definition) is 0. The van der Waals surface area contributed by atoms with Crippen LogP contribution in [-0.4, -0.2) is 30.9 Å². The Hall–Kier alpha value is 0.610. The molecule has 0 spiro atoms. The standard InChI is InChI=1S/C10H22INO2/c1-5-7-10(2,3)13-9-6-8-12(4)14-11/h5-9H2,1-4H3. The van der Waals surface area contributed by atoms with Crippen molar-refractivity contribution in [2.75, 3.05) is 20.2 Å². The normalized spacial score (nSPS) is 12.4. The van der Waals surface area contributed by atoms with E-state index in [1.807, 2.05) is 30.1 Å². The van der Waals surface area contributed by atoms with Crippen molar-refractivity contribution in [2.45, 2.75) is 45.6 Å². The summed E-state index contributed by atoms with van der Waals surface area (Å²) in [5, 5.41) is 1.80. The first-order chi connectivity index (χ1) is 6.52. The van der Waals surface area contributed by atoms with Gasteiger partial charge in [0.05, 0.1) is 5.60 Å². The molecule has 0 unspecified atom stereocenters. The van der Waals surface area contributed by atoms with E-state index in [1.165, 1.54) is 6.42 Å². The van der Waals surface area contributed by atoms with E-state index < -0.39 is 0 Å². The average Bonchev–Trinajstić information content (AvgIpc) is 2.12. The predicted octanol–water partition coefficient (Wildman–Crippen LogP) is 3.19. The van der Waals surface area contributed by atoms with Crippen LogP contribution in [-0.2, 0) is 7.90 Å². The third-order valence-electron chi connectivity index (χ3n) is 2.08. The Kier molecular flexibility index (Phi) is 8.19. The van der Waals surface area contributed by atoms with Crippen molar-refractivity contribution < 1.29 is 7.90 Å². The van der Waals surface area contributed by atoms with Crippen LogP contribution >= 0.6 is 23.0 Å². The van der Waals surface area contributed by atoms with Gasteiger partial charge in [-0.3, -0.25) is 0 Å². The molecule has 0 aliphatic carbocycles. The summed E-state index contributed by atoms with van der Waals surface area (Å²) in [6, 6.07) is 0. The average molecular weight is 315 g/mol. The van der Waals surface area contributed by atoms with Gasteiger partial charge in [0.25, 0.3) is 0 Å². The van der Waals surface area contributed by atoms with Gasteiger partial charge in [0.15, 0.2) is 0 Å². The summed E-state index contributed by atoms with van der Waals surface area (Å²) in [6.45, 7) is 8.19. The number of rotatable bonds is 8. The zero-order valence-corrected chi connectivity index (χ0v) is 11.8. The molecule has 3 nitrogen and oxygen atoms in total. The first kappa shape index (κ1) is 14.6. The highest BCUT2D eigenvalue weighted by molar-refractivity contribution is 14.1. The quantitative estimate of drug-likeness (QED) is 0.390. The van der Waals surface area contributed by atoms with Crippen LogP contribution in [0.2, 0.25) is 0 Å². The molecule has 0 aromatic rings. The highest BCUT2D eigenvalue weighted by Gasteiger charge is 2.16. The molecule has 0 bridgehead atoms. The Morgan fingerprint density at radius 1 is 1.36 bits per heavy atom. The molecule has 86 valence electrons. The maximum atomic E-state index is 5.78. The largest absolute Gasteiger partial charge is 0.376 e. The van der Waals surface area contributed by atoms with Crippen LogP contribution in [0, 0.1) is 0 Å². The van der Waals surface area contributed by atoms with E-state index in [2.05, 4.69) is 20.8 Å². The molecule has 0 saturated carbocycles. The molecule has 0 amide bonds. The van der Waals surface area contributed by atoms with Gasteiger partial charge in [-0.1, -0.05) is 13.3 Å². The van der Waals surface area contributed by atoms with Gasteiger partial charge in [-0.2, -0.15) is 5.06 Å². The molecule has 0 aliphatic rings. The van der Waals surface area contributed by atoms with Crippen LogP contribution in [0.1, 0.15) is 40.0 Å². The van der Waals surface area contributed by atoms with Crippen LogP contribution in [0.15, 0.2) is 0 Å². The first-order valence-corrected chi connectivity index (χ1v) is 6.03. The summed E-state index contributed by atoms with van der Waals surface area (Å²) in [6.07, 6.45) is 3.29. The number of hydroxylamine groups is 2. The van der Waals surface area contributed by atoms with E-state index in [1.54, 1.807) is 5.06 Å². The smallest absolute Gasteiger partial charge is 0.137 e. The van der Waals surface area contributed by atoms with Gasteiger partial charge in [-0.25, -0.2) is 3.17 Å². The lowest BCUT2D eigenvalue weighted by atomic mass is 10.0. The van der Waals surface area contributed by atoms with Gasteiger partial charge < -0.3 is 4.74 Å². The first-order valence-electron chi connectivity index (χ1n) is 5.15. The monoisotopic (exact) mass is 315 g/mol. The molecule has 0 aliphatic heterocycles. The van der Waals surface area contributed by atoms with Gasteiger partial charge >= 0.3 is 0 Å². The van der Waals surface area contributed by atoms with Crippen molar-refractivity contribution in [1.82, 2.24) is 5.06 Å². The Morgan fingerprint density at radius 2 is 2.00 bits per heavy atom. The topological polar surface area (TPSA) is 21.7 Å². The molecule has 0 saturated heterocycles. The van der Waals surface area contributed by atoms with Gasteiger partial charge in [0.1, 0.15) is 23.0 Å². The summed E-state index contributed by atoms with van der Waals surface area (Å²) >= 11 is 1.88. The molecule has 0 aromatic heterocycles. The van der Waals surface area contributed by atoms with E-state index in [-0.39, 0.29) is 5.60 Å². The van der Waals surface area contributed by atoms with Crippen molar-refractivity contribution in [2.24, 2.45) is 0 Å². The Labute approximate surface area is 102 Å². The number of nitrogens with zero attached hydrogens (tertiary/aromatic N) is 1. The molecule has 0 aromatic carbocycles. The molecule has 0 rings (SSSR count). The highest BCUT2D eigenvalue weighted by atomic mass is 127. The molecule has 0 fully saturated rings. The lowest BCUT2D eigenvalue weighted by molar-refractivity contribution is -0.0400. The van der Waals surface area contributed by atoms with E-state index in [0.717, 1.165) is 26.0 Å². The van der Waals surface area contributed by atoms with Crippen LogP contribution in [0.25, 0.3) is 0 Å². The van der Waals surface area contributed by atoms with Crippen molar-refractivity contribution in [1.29, 1.82) is 0 Å². The summed E-state index contributed by atoms with van der Waals surface area (Å²) in [5.41, 5.74) is 0.0263. The lowest BCUT2D eigenvalue weighted by Crippen LogP contribution is -2.26. The second-order valence-corrected chi connectivity index (χ2v) is 4.53. The molecule has 0 radical (unpaired) electrons. The molecule has 0 atom stereocenters. The fraction of sp³-hybridized carbons (Fsp3) is 1.00. The minimum Gasteiger partial charge on any atom is -0.376 e. The zero-order valence-electron chi connectivity index (χ0n) is 9.68. The van der Waals surface area contributed by atoms with E-state index in [4.69, 9.17) is 7.90 Å². The van der Waals surface area contributed by atoms with Gasteiger partial charge in [-0.15, -0.1) is 0 Å². The van der Waals surface area contributed by atoms with Crippen molar-refractivity contribution in [3.8, 4) is 0 Å². The van der Waals surface area contributed by atoms with Crippen molar-refractivity contribution in [3.05, 3.63) is 0 Å². The van der Waals surface area contributed by atoms with E-state index in [0.29, 0.717) is 0 Å². The number of hydrogen-bond acceptors (Lipinski definition) is 3. The third-order valence-corrected chi connectivity index (χ3v) is 2.75. The van der Waals surface area contributed by atoms with Crippen LogP contribution in [0.5, 0.6) is 0 Å².